The highest BCUT2D eigenvalue weighted by atomic mass is 35.5. The van der Waals surface area contributed by atoms with E-state index < -0.39 is 0 Å². The summed E-state index contributed by atoms with van der Waals surface area (Å²) >= 11 is 2.00. The van der Waals surface area contributed by atoms with Crippen molar-refractivity contribution < 1.29 is 4.52 Å². The van der Waals surface area contributed by atoms with Crippen molar-refractivity contribution in [1.29, 1.82) is 0 Å². The van der Waals surface area contributed by atoms with Crippen LogP contribution in [-0.4, -0.2) is 33.1 Å². The van der Waals surface area contributed by atoms with Crippen LogP contribution in [-0.2, 0) is 13.1 Å². The van der Waals surface area contributed by atoms with E-state index in [9.17, 15) is 0 Å². The smallest absolute Gasteiger partial charge is 0.240 e. The first kappa shape index (κ1) is 16.3. The van der Waals surface area contributed by atoms with Gasteiger partial charge in [0.05, 0.1) is 13.1 Å². The Balaban J connectivity index is 0.00000161. The minimum atomic E-state index is 0. The van der Waals surface area contributed by atoms with Crippen molar-refractivity contribution in [2.45, 2.75) is 19.1 Å². The molecule has 7 heteroatoms. The third-order valence-corrected chi connectivity index (χ3v) is 4.48. The van der Waals surface area contributed by atoms with Crippen molar-refractivity contribution in [3.63, 3.8) is 0 Å². The van der Waals surface area contributed by atoms with E-state index in [1.54, 1.807) is 0 Å². The van der Waals surface area contributed by atoms with Crippen LogP contribution in [0, 0.1) is 0 Å². The van der Waals surface area contributed by atoms with Gasteiger partial charge in [-0.25, -0.2) is 0 Å². The molecule has 3 rings (SSSR count). The first-order valence-corrected chi connectivity index (χ1v) is 7.90. The average molecular weight is 327 g/mol. The highest BCUT2D eigenvalue weighted by molar-refractivity contribution is 7.99. The minimum Gasteiger partial charge on any atom is -0.338 e. The van der Waals surface area contributed by atoms with Crippen LogP contribution in [0.25, 0.3) is 0 Å². The largest absolute Gasteiger partial charge is 0.338 e. The Bertz CT molecular complexity index is 551. The van der Waals surface area contributed by atoms with Crippen LogP contribution < -0.4 is 5.73 Å². The molecule has 0 saturated carbocycles. The van der Waals surface area contributed by atoms with Gasteiger partial charge in [-0.05, 0) is 5.56 Å². The first-order valence-electron chi connectivity index (χ1n) is 6.75. The van der Waals surface area contributed by atoms with Gasteiger partial charge in [-0.3, -0.25) is 4.90 Å². The highest BCUT2D eigenvalue weighted by Gasteiger charge is 2.25. The van der Waals surface area contributed by atoms with Gasteiger partial charge < -0.3 is 10.3 Å². The lowest BCUT2D eigenvalue weighted by molar-refractivity contribution is 0.204. The van der Waals surface area contributed by atoms with E-state index in [-0.39, 0.29) is 12.4 Å². The van der Waals surface area contributed by atoms with E-state index >= 15 is 0 Å². The van der Waals surface area contributed by atoms with Crippen LogP contribution in [0.4, 0.5) is 0 Å². The third kappa shape index (κ3) is 3.97. The molecule has 2 N–H and O–H groups in total. The molecule has 1 aliphatic heterocycles. The zero-order chi connectivity index (χ0) is 13.8. The molecule has 114 valence electrons. The quantitative estimate of drug-likeness (QED) is 0.929. The number of nitrogens with zero attached hydrogens (tertiary/aromatic N) is 3. The van der Waals surface area contributed by atoms with Gasteiger partial charge in [0.2, 0.25) is 5.89 Å². The Morgan fingerprint density at radius 3 is 2.86 bits per heavy atom. The van der Waals surface area contributed by atoms with Crippen LogP contribution in [0.5, 0.6) is 0 Å². The van der Waals surface area contributed by atoms with Gasteiger partial charge in [0.1, 0.15) is 0 Å². The zero-order valence-electron chi connectivity index (χ0n) is 11.6. The van der Waals surface area contributed by atoms with E-state index in [4.69, 9.17) is 10.3 Å². The van der Waals surface area contributed by atoms with Gasteiger partial charge in [-0.2, -0.15) is 16.7 Å². The van der Waals surface area contributed by atoms with Crippen molar-refractivity contribution in [2.75, 3.05) is 18.1 Å². The molecule has 1 aromatic heterocycles. The Hall–Kier alpha value is -1.08. The Morgan fingerprint density at radius 1 is 1.33 bits per heavy atom. The molecule has 1 unspecified atom stereocenters. The second-order valence-corrected chi connectivity index (χ2v) is 5.93. The van der Waals surface area contributed by atoms with Gasteiger partial charge in [0.15, 0.2) is 5.82 Å². The maximum Gasteiger partial charge on any atom is 0.240 e. The lowest BCUT2D eigenvalue weighted by atomic mass is 10.1. The summed E-state index contributed by atoms with van der Waals surface area (Å²) in [7, 11) is 0. The lowest BCUT2D eigenvalue weighted by Gasteiger charge is -2.34. The SMILES string of the molecule is Cl.NCc1nc(CN2CCSCC2c2ccccc2)no1. The predicted molar refractivity (Wildman–Crippen MR) is 86.4 cm³/mol. The molecule has 2 aromatic rings. The summed E-state index contributed by atoms with van der Waals surface area (Å²) in [4.78, 5) is 6.71. The molecular weight excluding hydrogens is 308 g/mol. The first-order chi connectivity index (χ1) is 9.86. The lowest BCUT2D eigenvalue weighted by Crippen LogP contribution is -2.36. The molecule has 2 heterocycles. The number of aromatic nitrogens is 2. The number of hydrogen-bond donors (Lipinski definition) is 1. The predicted octanol–water partition coefficient (Wildman–Crippen LogP) is 2.24. The fourth-order valence-corrected chi connectivity index (χ4v) is 3.59. The number of rotatable bonds is 4. The molecule has 0 spiro atoms. The topological polar surface area (TPSA) is 68.2 Å². The second-order valence-electron chi connectivity index (χ2n) is 4.78. The van der Waals surface area contributed by atoms with Gasteiger partial charge >= 0.3 is 0 Å². The normalized spacial score (nSPS) is 19.2. The standard InChI is InChI=1S/C14H18N4OS.ClH/c15-8-14-16-13(17-19-14)9-18-6-7-20-10-12(18)11-4-2-1-3-5-11;/h1-5,12H,6-10,15H2;1H. The molecule has 1 aromatic carbocycles. The van der Waals surface area contributed by atoms with E-state index in [0.29, 0.717) is 25.0 Å². The number of thioether (sulfide) groups is 1. The molecule has 1 saturated heterocycles. The summed E-state index contributed by atoms with van der Waals surface area (Å²) in [5.74, 6) is 3.47. The summed E-state index contributed by atoms with van der Waals surface area (Å²) in [6, 6.07) is 11.0. The zero-order valence-corrected chi connectivity index (χ0v) is 13.3. The monoisotopic (exact) mass is 326 g/mol. The maximum absolute atomic E-state index is 5.50. The highest BCUT2D eigenvalue weighted by Crippen LogP contribution is 2.30. The van der Waals surface area contributed by atoms with Crippen molar-refractivity contribution in [3.05, 3.63) is 47.6 Å². The molecule has 0 radical (unpaired) electrons. The molecular formula is C14H19ClN4OS. The van der Waals surface area contributed by atoms with Gasteiger partial charge in [0, 0.05) is 24.1 Å². The molecule has 1 aliphatic rings. The molecule has 5 nitrogen and oxygen atoms in total. The molecule has 1 fully saturated rings. The number of benzene rings is 1. The number of halogens is 1. The minimum absolute atomic E-state index is 0. The molecule has 0 aliphatic carbocycles. The number of hydrogen-bond acceptors (Lipinski definition) is 6. The summed E-state index contributed by atoms with van der Waals surface area (Å²) in [6.45, 7) is 2.05. The van der Waals surface area contributed by atoms with E-state index in [1.807, 2.05) is 11.8 Å². The average Bonchev–Trinajstić information content (AvgIpc) is 2.96. The van der Waals surface area contributed by atoms with Crippen LogP contribution in [0.1, 0.15) is 23.3 Å². The summed E-state index contributed by atoms with van der Waals surface area (Å²) in [5.41, 5.74) is 6.85. The van der Waals surface area contributed by atoms with E-state index in [2.05, 4.69) is 45.4 Å². The Kier molecular flexibility index (Phi) is 6.05. The third-order valence-electron chi connectivity index (χ3n) is 3.45. The van der Waals surface area contributed by atoms with Gasteiger partial charge in [0.25, 0.3) is 0 Å². The molecule has 0 amide bonds. The summed E-state index contributed by atoms with van der Waals surface area (Å²) < 4.78 is 5.08. The second kappa shape index (κ2) is 7.79. The van der Waals surface area contributed by atoms with Gasteiger partial charge in [-0.1, -0.05) is 35.5 Å². The summed E-state index contributed by atoms with van der Waals surface area (Å²) in [6.07, 6.45) is 0. The fourth-order valence-electron chi connectivity index (χ4n) is 2.43. The van der Waals surface area contributed by atoms with Crippen LogP contribution >= 0.6 is 24.2 Å². The van der Waals surface area contributed by atoms with Crippen LogP contribution in [0.2, 0.25) is 0 Å². The Labute approximate surface area is 134 Å². The summed E-state index contributed by atoms with van der Waals surface area (Å²) in [5, 5.41) is 3.99. The van der Waals surface area contributed by atoms with Crippen molar-refractivity contribution in [2.24, 2.45) is 5.73 Å². The van der Waals surface area contributed by atoms with Crippen molar-refractivity contribution in [3.8, 4) is 0 Å². The van der Waals surface area contributed by atoms with Crippen molar-refractivity contribution in [1.82, 2.24) is 15.0 Å². The van der Waals surface area contributed by atoms with Crippen LogP contribution in [0.15, 0.2) is 34.9 Å². The van der Waals surface area contributed by atoms with Gasteiger partial charge in [-0.15, -0.1) is 12.4 Å². The van der Waals surface area contributed by atoms with E-state index in [1.165, 1.54) is 5.56 Å². The maximum atomic E-state index is 5.50. The van der Waals surface area contributed by atoms with Crippen molar-refractivity contribution >= 4 is 24.2 Å². The van der Waals surface area contributed by atoms with Crippen LogP contribution in [0.3, 0.4) is 0 Å². The molecule has 0 bridgehead atoms. The molecule has 21 heavy (non-hydrogen) atoms. The fraction of sp³-hybridized carbons (Fsp3) is 0.429. The van der Waals surface area contributed by atoms with E-state index in [0.717, 1.165) is 23.9 Å². The number of nitrogens with two attached hydrogens (primary N) is 1. The Morgan fingerprint density at radius 2 is 2.14 bits per heavy atom. The molecule has 1 atom stereocenters.